The molecule has 2 aromatic rings. The largest absolute Gasteiger partial charge is 0.378 e. The Morgan fingerprint density at radius 1 is 1.17 bits per heavy atom. The molecule has 5 heteroatoms. The number of anilines is 1. The van der Waals surface area contributed by atoms with Gasteiger partial charge in [0.1, 0.15) is 0 Å². The maximum Gasteiger partial charge on any atom is 0.0641 e. The average molecular weight is 284 g/mol. The van der Waals surface area contributed by atoms with Crippen molar-refractivity contribution in [1.82, 2.24) is 9.78 Å². The van der Waals surface area contributed by atoms with Gasteiger partial charge in [-0.05, 0) is 37.6 Å². The number of aromatic nitrogens is 2. The van der Waals surface area contributed by atoms with Crippen molar-refractivity contribution >= 4 is 28.9 Å². The summed E-state index contributed by atoms with van der Waals surface area (Å²) in [5.41, 5.74) is 3.91. The molecule has 2 rings (SSSR count). The Hall–Kier alpha value is -1.19. The van der Waals surface area contributed by atoms with Gasteiger partial charge < -0.3 is 5.32 Å². The van der Waals surface area contributed by atoms with Crippen molar-refractivity contribution in [2.24, 2.45) is 7.05 Å². The van der Waals surface area contributed by atoms with Crippen LogP contribution in [0.5, 0.6) is 0 Å². The molecule has 1 N–H and O–H groups in total. The zero-order chi connectivity index (χ0) is 13.3. The topological polar surface area (TPSA) is 29.9 Å². The maximum atomic E-state index is 6.17. The van der Waals surface area contributed by atoms with Crippen LogP contribution in [0.2, 0.25) is 10.0 Å². The van der Waals surface area contributed by atoms with Gasteiger partial charge in [0.15, 0.2) is 0 Å². The third-order valence-corrected chi connectivity index (χ3v) is 3.53. The van der Waals surface area contributed by atoms with E-state index in [4.69, 9.17) is 23.2 Å². The molecule has 18 heavy (non-hydrogen) atoms. The summed E-state index contributed by atoms with van der Waals surface area (Å²) in [4.78, 5) is 0. The fraction of sp³-hybridized carbons (Fsp3) is 0.308. The zero-order valence-electron chi connectivity index (χ0n) is 10.6. The molecular formula is C13H15Cl2N3. The molecule has 1 aromatic heterocycles. The van der Waals surface area contributed by atoms with Crippen LogP contribution in [0.25, 0.3) is 0 Å². The molecule has 0 aliphatic heterocycles. The summed E-state index contributed by atoms with van der Waals surface area (Å²) in [7, 11) is 1.92. The highest BCUT2D eigenvalue weighted by molar-refractivity contribution is 6.35. The van der Waals surface area contributed by atoms with Gasteiger partial charge in [0.2, 0.25) is 0 Å². The van der Waals surface area contributed by atoms with Crippen molar-refractivity contribution in [2.75, 3.05) is 5.32 Å². The number of hydrogen-bond acceptors (Lipinski definition) is 2. The first-order valence-electron chi connectivity index (χ1n) is 5.66. The van der Waals surface area contributed by atoms with E-state index < -0.39 is 0 Å². The zero-order valence-corrected chi connectivity index (χ0v) is 12.1. The van der Waals surface area contributed by atoms with E-state index in [1.807, 2.05) is 43.8 Å². The van der Waals surface area contributed by atoms with Crippen LogP contribution in [0.4, 0.5) is 5.69 Å². The molecule has 0 aliphatic carbocycles. The highest BCUT2D eigenvalue weighted by Crippen LogP contribution is 2.29. The lowest BCUT2D eigenvalue weighted by Gasteiger charge is -2.10. The monoisotopic (exact) mass is 283 g/mol. The summed E-state index contributed by atoms with van der Waals surface area (Å²) in [6.45, 7) is 4.57. The predicted molar refractivity (Wildman–Crippen MR) is 76.5 cm³/mol. The molecule has 96 valence electrons. The minimum atomic E-state index is 0.663. The number of halogens is 2. The van der Waals surface area contributed by atoms with Crippen molar-refractivity contribution < 1.29 is 0 Å². The smallest absolute Gasteiger partial charge is 0.0641 e. The molecule has 3 nitrogen and oxygen atoms in total. The molecule has 0 saturated heterocycles. The van der Waals surface area contributed by atoms with E-state index in [-0.39, 0.29) is 0 Å². The van der Waals surface area contributed by atoms with Gasteiger partial charge in [0.05, 0.1) is 28.6 Å². The van der Waals surface area contributed by atoms with Gasteiger partial charge in [-0.15, -0.1) is 0 Å². The maximum absolute atomic E-state index is 6.17. The predicted octanol–water partition coefficient (Wildman–Crippen LogP) is 3.96. The van der Waals surface area contributed by atoms with Gasteiger partial charge >= 0.3 is 0 Å². The molecule has 0 bridgehead atoms. The molecule has 0 amide bonds. The van der Waals surface area contributed by atoms with Crippen LogP contribution in [0, 0.1) is 13.8 Å². The lowest BCUT2D eigenvalue weighted by molar-refractivity contribution is 0.713. The summed E-state index contributed by atoms with van der Waals surface area (Å²) in [6, 6.07) is 5.75. The van der Waals surface area contributed by atoms with Crippen molar-refractivity contribution in [3.63, 3.8) is 0 Å². The van der Waals surface area contributed by atoms with E-state index >= 15 is 0 Å². The van der Waals surface area contributed by atoms with E-state index in [9.17, 15) is 0 Å². The lowest BCUT2D eigenvalue weighted by atomic mass is 10.2. The molecule has 1 heterocycles. The van der Waals surface area contributed by atoms with E-state index in [1.165, 1.54) is 0 Å². The second-order valence-corrected chi connectivity index (χ2v) is 5.15. The number of nitrogens with zero attached hydrogens (tertiary/aromatic N) is 2. The Balaban J connectivity index is 2.15. The summed E-state index contributed by atoms with van der Waals surface area (Å²) in [5, 5.41) is 8.96. The van der Waals surface area contributed by atoms with Gasteiger partial charge in [0, 0.05) is 12.1 Å². The molecule has 0 saturated carbocycles. The number of nitrogens with one attached hydrogen (secondary N) is 1. The lowest BCUT2D eigenvalue weighted by Crippen LogP contribution is -2.05. The Morgan fingerprint density at radius 2 is 1.89 bits per heavy atom. The van der Waals surface area contributed by atoms with Crippen LogP contribution >= 0.6 is 23.2 Å². The summed E-state index contributed by atoms with van der Waals surface area (Å²) < 4.78 is 1.85. The van der Waals surface area contributed by atoms with E-state index in [1.54, 1.807) is 0 Å². The standard InChI is InChI=1S/C13H15Cl2N3/c1-8-4-12(15)13(6-11(8)14)16-7-10-5-9(2)17-18(10)3/h4-6,16H,7H2,1-3H3. The summed E-state index contributed by atoms with van der Waals surface area (Å²) >= 11 is 12.3. The molecule has 1 aromatic carbocycles. The first kappa shape index (κ1) is 13.2. The Morgan fingerprint density at radius 3 is 2.50 bits per heavy atom. The molecule has 0 unspecified atom stereocenters. The first-order chi connectivity index (χ1) is 8.47. The molecular weight excluding hydrogens is 269 g/mol. The fourth-order valence-corrected chi connectivity index (χ4v) is 2.25. The highest BCUT2D eigenvalue weighted by atomic mass is 35.5. The minimum absolute atomic E-state index is 0.663. The van der Waals surface area contributed by atoms with E-state index in [0.717, 1.165) is 22.6 Å². The third-order valence-electron chi connectivity index (χ3n) is 2.81. The van der Waals surface area contributed by atoms with Crippen molar-refractivity contribution in [2.45, 2.75) is 20.4 Å². The molecule has 0 atom stereocenters. The van der Waals surface area contributed by atoms with Crippen LogP contribution in [0.3, 0.4) is 0 Å². The highest BCUT2D eigenvalue weighted by Gasteiger charge is 2.06. The molecule has 0 radical (unpaired) electrons. The summed E-state index contributed by atoms with van der Waals surface area (Å²) in [6.07, 6.45) is 0. The van der Waals surface area contributed by atoms with Crippen LogP contribution in [0.15, 0.2) is 18.2 Å². The van der Waals surface area contributed by atoms with Crippen LogP contribution < -0.4 is 5.32 Å². The minimum Gasteiger partial charge on any atom is -0.378 e. The Bertz CT molecular complexity index is 576. The van der Waals surface area contributed by atoms with Crippen LogP contribution in [0.1, 0.15) is 17.0 Å². The van der Waals surface area contributed by atoms with Crippen molar-refractivity contribution in [1.29, 1.82) is 0 Å². The van der Waals surface area contributed by atoms with E-state index in [0.29, 0.717) is 16.6 Å². The van der Waals surface area contributed by atoms with Gasteiger partial charge in [-0.3, -0.25) is 4.68 Å². The second-order valence-electron chi connectivity index (χ2n) is 4.34. The first-order valence-corrected chi connectivity index (χ1v) is 6.42. The van der Waals surface area contributed by atoms with Gasteiger partial charge in [-0.25, -0.2) is 0 Å². The fourth-order valence-electron chi connectivity index (χ4n) is 1.80. The number of hydrogen-bond donors (Lipinski definition) is 1. The number of benzene rings is 1. The van der Waals surface area contributed by atoms with Gasteiger partial charge in [0.25, 0.3) is 0 Å². The van der Waals surface area contributed by atoms with Crippen molar-refractivity contribution in [3.8, 4) is 0 Å². The normalized spacial score (nSPS) is 10.7. The number of aryl methyl sites for hydroxylation is 3. The second kappa shape index (κ2) is 5.21. The average Bonchev–Trinajstić information content (AvgIpc) is 2.61. The van der Waals surface area contributed by atoms with Gasteiger partial charge in [-0.2, -0.15) is 5.10 Å². The molecule has 0 spiro atoms. The Kier molecular flexibility index (Phi) is 3.83. The van der Waals surface area contributed by atoms with Gasteiger partial charge in [-0.1, -0.05) is 23.2 Å². The number of rotatable bonds is 3. The molecule has 0 aliphatic rings. The van der Waals surface area contributed by atoms with E-state index in [2.05, 4.69) is 10.4 Å². The summed E-state index contributed by atoms with van der Waals surface area (Å²) in [5.74, 6) is 0. The SMILES string of the molecule is Cc1cc(CNc2cc(Cl)c(C)cc2Cl)n(C)n1. The molecule has 0 fully saturated rings. The van der Waals surface area contributed by atoms with Crippen LogP contribution in [-0.4, -0.2) is 9.78 Å². The van der Waals surface area contributed by atoms with Crippen LogP contribution in [-0.2, 0) is 13.6 Å². The third kappa shape index (κ3) is 2.79. The quantitative estimate of drug-likeness (QED) is 0.924. The Labute approximate surface area is 117 Å². The van der Waals surface area contributed by atoms with Crippen molar-refractivity contribution in [3.05, 3.63) is 45.2 Å².